The molecule has 5 nitrogen and oxygen atoms in total. The molecule has 1 aliphatic rings. The van der Waals surface area contributed by atoms with Crippen molar-refractivity contribution in [3.05, 3.63) is 45.7 Å². The minimum Gasteiger partial charge on any atom is -0.484 e. The summed E-state index contributed by atoms with van der Waals surface area (Å²) in [5, 5.41) is 6.57. The number of nitrogens with one attached hydrogen (secondary N) is 1. The van der Waals surface area contributed by atoms with Crippen molar-refractivity contribution in [1.29, 1.82) is 0 Å². The van der Waals surface area contributed by atoms with Crippen molar-refractivity contribution in [2.45, 2.75) is 37.9 Å². The average Bonchev–Trinajstić information content (AvgIpc) is 3.40. The van der Waals surface area contributed by atoms with Gasteiger partial charge in [0.15, 0.2) is 12.3 Å². The van der Waals surface area contributed by atoms with Gasteiger partial charge in [0.25, 0.3) is 5.91 Å². The van der Waals surface area contributed by atoms with Crippen LogP contribution in [0.4, 0.5) is 13.2 Å². The van der Waals surface area contributed by atoms with Crippen LogP contribution in [-0.4, -0.2) is 28.8 Å². The van der Waals surface area contributed by atoms with Gasteiger partial charge in [-0.05, 0) is 43.5 Å². The molecule has 1 aromatic heterocycles. The maximum absolute atomic E-state index is 13.0. The lowest BCUT2D eigenvalue weighted by Gasteiger charge is -2.09. The highest BCUT2D eigenvalue weighted by Gasteiger charge is 2.41. The van der Waals surface area contributed by atoms with Crippen molar-refractivity contribution in [2.24, 2.45) is 0 Å². The van der Waals surface area contributed by atoms with Gasteiger partial charge in [-0.25, -0.2) is 0 Å². The van der Waals surface area contributed by atoms with Crippen LogP contribution >= 0.6 is 23.2 Å². The fourth-order valence-corrected chi connectivity index (χ4v) is 3.26. The highest BCUT2D eigenvalue weighted by atomic mass is 35.5. The van der Waals surface area contributed by atoms with Gasteiger partial charge in [0.05, 0.1) is 10.7 Å². The van der Waals surface area contributed by atoms with E-state index >= 15 is 0 Å². The molecule has 1 aromatic carbocycles. The monoisotopic (exact) mass is 435 g/mol. The molecule has 0 unspecified atom stereocenters. The number of carbonyl (C=O) groups is 1. The summed E-state index contributed by atoms with van der Waals surface area (Å²) in [6.45, 7) is 0.354. The fraction of sp³-hybridized carbons (Fsp3) is 0.444. The predicted molar refractivity (Wildman–Crippen MR) is 98.8 cm³/mol. The van der Waals surface area contributed by atoms with E-state index in [4.69, 9.17) is 27.9 Å². The normalized spacial score (nSPS) is 14.2. The molecule has 0 saturated heterocycles. The lowest BCUT2D eigenvalue weighted by atomic mass is 10.2. The summed E-state index contributed by atoms with van der Waals surface area (Å²) < 4.78 is 45.7. The van der Waals surface area contributed by atoms with Gasteiger partial charge in [-0.1, -0.05) is 23.2 Å². The van der Waals surface area contributed by atoms with Crippen LogP contribution in [0.15, 0.2) is 24.3 Å². The van der Waals surface area contributed by atoms with Gasteiger partial charge in [-0.2, -0.15) is 18.3 Å². The lowest BCUT2D eigenvalue weighted by molar-refractivity contribution is -0.141. The van der Waals surface area contributed by atoms with E-state index in [-0.39, 0.29) is 36.5 Å². The number of aryl methyl sites for hydroxylation is 1. The molecule has 1 amide bonds. The molecule has 152 valence electrons. The molecule has 28 heavy (non-hydrogen) atoms. The summed E-state index contributed by atoms with van der Waals surface area (Å²) in [7, 11) is 0. The summed E-state index contributed by atoms with van der Waals surface area (Å²) in [6, 6.07) is 6.59. The maximum atomic E-state index is 13.0. The first-order valence-electron chi connectivity index (χ1n) is 8.74. The maximum Gasteiger partial charge on any atom is 0.436 e. The van der Waals surface area contributed by atoms with E-state index in [9.17, 15) is 18.0 Å². The Labute approximate surface area is 169 Å². The molecule has 1 fully saturated rings. The largest absolute Gasteiger partial charge is 0.484 e. The van der Waals surface area contributed by atoms with Gasteiger partial charge in [-0.3, -0.25) is 9.48 Å². The predicted octanol–water partition coefficient (Wildman–Crippen LogP) is 4.67. The third-order valence-electron chi connectivity index (χ3n) is 4.22. The molecule has 3 rings (SSSR count). The zero-order chi connectivity index (χ0) is 20.3. The van der Waals surface area contributed by atoms with Crippen molar-refractivity contribution < 1.29 is 22.7 Å². The van der Waals surface area contributed by atoms with Crippen LogP contribution in [0.2, 0.25) is 10.0 Å². The Bertz CT molecular complexity index is 834. The summed E-state index contributed by atoms with van der Waals surface area (Å²) >= 11 is 11.7. The Hall–Kier alpha value is -1.93. The third-order valence-corrected chi connectivity index (χ3v) is 4.84. The van der Waals surface area contributed by atoms with Crippen LogP contribution in [0.25, 0.3) is 0 Å². The van der Waals surface area contributed by atoms with Crippen molar-refractivity contribution in [3.63, 3.8) is 0 Å². The van der Waals surface area contributed by atoms with Crippen LogP contribution in [-0.2, 0) is 17.5 Å². The first-order chi connectivity index (χ1) is 13.3. The third kappa shape index (κ3) is 5.32. The van der Waals surface area contributed by atoms with E-state index in [2.05, 4.69) is 10.4 Å². The van der Waals surface area contributed by atoms with Crippen molar-refractivity contribution in [2.75, 3.05) is 13.2 Å². The van der Waals surface area contributed by atoms with Crippen LogP contribution in [0.1, 0.15) is 36.6 Å². The van der Waals surface area contributed by atoms with Gasteiger partial charge in [-0.15, -0.1) is 0 Å². The van der Waals surface area contributed by atoms with E-state index in [0.29, 0.717) is 22.9 Å². The molecule has 1 N–H and O–H groups in total. The van der Waals surface area contributed by atoms with Crippen molar-refractivity contribution >= 4 is 29.1 Å². The number of rotatable bonds is 8. The van der Waals surface area contributed by atoms with Crippen molar-refractivity contribution in [3.8, 4) is 5.75 Å². The van der Waals surface area contributed by atoms with E-state index in [1.54, 1.807) is 24.3 Å². The SMILES string of the molecule is O=C(COc1ccc(Cl)cc1)NCCCn1nc(C(F)(F)F)c(Cl)c1C1CC1. The molecule has 0 aliphatic heterocycles. The van der Waals surface area contributed by atoms with Gasteiger partial charge in [0.1, 0.15) is 5.75 Å². The Balaban J connectivity index is 1.47. The number of benzene rings is 1. The minimum atomic E-state index is -4.58. The first kappa shape index (κ1) is 20.8. The second-order valence-electron chi connectivity index (χ2n) is 6.49. The molecular formula is C18H18Cl2F3N3O2. The molecule has 0 spiro atoms. The average molecular weight is 436 g/mol. The smallest absolute Gasteiger partial charge is 0.436 e. The number of hydrogen-bond donors (Lipinski definition) is 1. The van der Waals surface area contributed by atoms with Gasteiger partial charge in [0, 0.05) is 24.0 Å². The first-order valence-corrected chi connectivity index (χ1v) is 9.49. The number of aromatic nitrogens is 2. The summed E-state index contributed by atoms with van der Waals surface area (Å²) in [5.41, 5.74) is -0.608. The number of amides is 1. The summed E-state index contributed by atoms with van der Waals surface area (Å²) in [6.07, 6.45) is -2.55. The molecule has 1 heterocycles. The molecule has 10 heteroatoms. The van der Waals surface area contributed by atoms with Crippen LogP contribution in [0, 0.1) is 0 Å². The second kappa shape index (κ2) is 8.61. The van der Waals surface area contributed by atoms with E-state index in [1.807, 2.05) is 0 Å². The van der Waals surface area contributed by atoms with E-state index in [0.717, 1.165) is 12.8 Å². The number of carbonyl (C=O) groups excluding carboxylic acids is 1. The Kier molecular flexibility index (Phi) is 6.40. The standard InChI is InChI=1S/C18H18Cl2F3N3O2/c19-12-4-6-13(7-5-12)28-10-14(27)24-8-1-9-26-16(11-2-3-11)15(20)17(25-26)18(21,22)23/h4-7,11H,1-3,8-10H2,(H,24,27). The molecule has 1 saturated carbocycles. The Morgan fingerprint density at radius 3 is 2.54 bits per heavy atom. The molecule has 0 atom stereocenters. The number of nitrogens with zero attached hydrogens (tertiary/aromatic N) is 2. The fourth-order valence-electron chi connectivity index (χ4n) is 2.74. The quantitative estimate of drug-likeness (QED) is 0.612. The summed E-state index contributed by atoms with van der Waals surface area (Å²) in [4.78, 5) is 11.8. The molecule has 1 aliphatic carbocycles. The van der Waals surface area contributed by atoms with Crippen LogP contribution in [0.5, 0.6) is 5.75 Å². The zero-order valence-electron chi connectivity index (χ0n) is 14.7. The second-order valence-corrected chi connectivity index (χ2v) is 7.30. The van der Waals surface area contributed by atoms with Crippen LogP contribution < -0.4 is 10.1 Å². The molecule has 2 aromatic rings. The van der Waals surface area contributed by atoms with Crippen LogP contribution in [0.3, 0.4) is 0 Å². The highest BCUT2D eigenvalue weighted by Crippen LogP contribution is 2.46. The summed E-state index contributed by atoms with van der Waals surface area (Å²) in [5.74, 6) is 0.213. The topological polar surface area (TPSA) is 56.1 Å². The van der Waals surface area contributed by atoms with Crippen molar-refractivity contribution in [1.82, 2.24) is 15.1 Å². The molecule has 0 bridgehead atoms. The number of ether oxygens (including phenoxy) is 1. The Morgan fingerprint density at radius 2 is 1.93 bits per heavy atom. The number of alkyl halides is 3. The zero-order valence-corrected chi connectivity index (χ0v) is 16.2. The van der Waals surface area contributed by atoms with Gasteiger partial charge >= 0.3 is 6.18 Å². The Morgan fingerprint density at radius 1 is 1.25 bits per heavy atom. The number of halogens is 5. The minimum absolute atomic E-state index is 0.0264. The van der Waals surface area contributed by atoms with Gasteiger partial charge in [0.2, 0.25) is 0 Å². The molecule has 0 radical (unpaired) electrons. The molecular weight excluding hydrogens is 418 g/mol. The highest BCUT2D eigenvalue weighted by molar-refractivity contribution is 6.32. The van der Waals surface area contributed by atoms with E-state index < -0.39 is 11.9 Å². The lowest BCUT2D eigenvalue weighted by Crippen LogP contribution is -2.30. The number of hydrogen-bond acceptors (Lipinski definition) is 3. The van der Waals surface area contributed by atoms with E-state index in [1.165, 1.54) is 4.68 Å². The van der Waals surface area contributed by atoms with Gasteiger partial charge < -0.3 is 10.1 Å².